The number of rotatable bonds is 3. The highest BCUT2D eigenvalue weighted by Gasteiger charge is 2.76. The van der Waals surface area contributed by atoms with E-state index in [0.717, 1.165) is 0 Å². The summed E-state index contributed by atoms with van der Waals surface area (Å²) in [6.45, 7) is 11.2. The van der Waals surface area contributed by atoms with E-state index in [1.165, 1.54) is 0 Å². The van der Waals surface area contributed by atoms with E-state index in [-0.39, 0.29) is 34.5 Å². The Morgan fingerprint density at radius 3 is 2.55 bits per heavy atom. The largest absolute Gasteiger partial charge is 0.451 e. The zero-order chi connectivity index (χ0) is 23.1. The van der Waals surface area contributed by atoms with Crippen molar-refractivity contribution < 1.29 is 29.3 Å². The number of carbonyl (C=O) groups is 3. The molecule has 8 atom stereocenters. The summed E-state index contributed by atoms with van der Waals surface area (Å²) in [6, 6.07) is 0. The molecule has 4 rings (SSSR count). The maximum atomic E-state index is 14.1. The summed E-state index contributed by atoms with van der Waals surface area (Å²) in [5, 5.41) is 23.5. The second-order valence-electron chi connectivity index (χ2n) is 10.5. The minimum atomic E-state index is -2.15. The molecule has 31 heavy (non-hydrogen) atoms. The molecule has 2 saturated carbocycles. The molecule has 0 aromatic rings. The van der Waals surface area contributed by atoms with Crippen molar-refractivity contribution in [3.8, 4) is 0 Å². The molecule has 6 nitrogen and oxygen atoms in total. The average molecular weight is 429 g/mol. The van der Waals surface area contributed by atoms with Crippen molar-refractivity contribution in [2.45, 2.75) is 65.8 Å². The van der Waals surface area contributed by atoms with E-state index in [0.29, 0.717) is 23.9 Å². The summed E-state index contributed by atoms with van der Waals surface area (Å²) in [5.74, 6) is -1.39. The van der Waals surface area contributed by atoms with Crippen molar-refractivity contribution in [3.05, 3.63) is 34.9 Å². The van der Waals surface area contributed by atoms with Crippen LogP contribution in [0.15, 0.2) is 34.9 Å². The molecule has 0 heterocycles. The number of Topliss-reactive ketones (excluding diaryl/α,β-unsaturated/α-hetero) is 1. The molecule has 1 spiro atoms. The van der Waals surface area contributed by atoms with E-state index in [9.17, 15) is 24.6 Å². The highest BCUT2D eigenvalue weighted by Crippen LogP contribution is 2.71. The van der Waals surface area contributed by atoms with Crippen LogP contribution in [0.1, 0.15) is 48.0 Å². The van der Waals surface area contributed by atoms with Gasteiger partial charge in [0.15, 0.2) is 17.5 Å². The predicted molar refractivity (Wildman–Crippen MR) is 114 cm³/mol. The first-order chi connectivity index (χ1) is 14.4. The normalized spacial score (nSPS) is 45.4. The van der Waals surface area contributed by atoms with Crippen molar-refractivity contribution >= 4 is 18.0 Å². The van der Waals surface area contributed by atoms with Gasteiger partial charge in [-0.25, -0.2) is 4.79 Å². The first kappa shape index (κ1) is 22.2. The van der Waals surface area contributed by atoms with Gasteiger partial charge in [0.1, 0.15) is 12.4 Å². The van der Waals surface area contributed by atoms with Gasteiger partial charge in [0.25, 0.3) is 0 Å². The zero-order valence-corrected chi connectivity index (χ0v) is 19.0. The lowest BCUT2D eigenvalue weighted by Gasteiger charge is -2.48. The Morgan fingerprint density at radius 1 is 1.32 bits per heavy atom. The summed E-state index contributed by atoms with van der Waals surface area (Å²) >= 11 is 0. The van der Waals surface area contributed by atoms with E-state index in [1.54, 1.807) is 39.0 Å². The molecular weight excluding hydrogens is 396 g/mol. The number of aliphatic hydroxyl groups excluding tert-OH is 1. The molecule has 2 bridgehead atoms. The maximum absolute atomic E-state index is 14.1. The fraction of sp³-hybridized carbons (Fsp3) is 0.640. The van der Waals surface area contributed by atoms with Gasteiger partial charge in [0.2, 0.25) is 0 Å². The monoisotopic (exact) mass is 428 g/mol. The Kier molecular flexibility index (Phi) is 4.80. The van der Waals surface area contributed by atoms with E-state index in [4.69, 9.17) is 4.74 Å². The lowest BCUT2D eigenvalue weighted by Crippen LogP contribution is -2.65. The molecule has 0 aliphatic heterocycles. The third-order valence-electron chi connectivity index (χ3n) is 8.77. The number of hydrogen-bond donors (Lipinski definition) is 2. The third kappa shape index (κ3) is 2.55. The second kappa shape index (κ2) is 6.72. The van der Waals surface area contributed by atoms with Gasteiger partial charge in [0, 0.05) is 17.1 Å². The fourth-order valence-electron chi connectivity index (χ4n) is 6.82. The molecule has 168 valence electrons. The number of fused-ring (bicyclic) bond motifs is 3. The summed E-state index contributed by atoms with van der Waals surface area (Å²) in [6.07, 6.45) is 3.19. The summed E-state index contributed by atoms with van der Waals surface area (Å²) in [4.78, 5) is 38.7. The van der Waals surface area contributed by atoms with Crippen LogP contribution in [0.2, 0.25) is 0 Å². The van der Waals surface area contributed by atoms with E-state index in [1.807, 2.05) is 6.92 Å². The van der Waals surface area contributed by atoms with Gasteiger partial charge in [-0.2, -0.15) is 0 Å². The number of ether oxygens (including phenoxy) is 1. The number of aliphatic hydroxyl groups is 2. The Morgan fingerprint density at radius 2 is 1.97 bits per heavy atom. The molecule has 0 aromatic heterocycles. The molecule has 4 aliphatic rings. The predicted octanol–water partition coefficient (Wildman–Crippen LogP) is 2.54. The Bertz CT molecular complexity index is 955. The van der Waals surface area contributed by atoms with Crippen molar-refractivity contribution in [1.82, 2.24) is 0 Å². The SMILES string of the molecule is C/C=C(/C)C(=O)OC1C(C)=CC23C(=O)C(C=C(C=O)C(O)C12O)C1C(C[C@H]3C)C1(C)C. The molecule has 0 aromatic carbocycles. The van der Waals surface area contributed by atoms with E-state index < -0.39 is 35.1 Å². The summed E-state index contributed by atoms with van der Waals surface area (Å²) in [5.41, 5.74) is -2.81. The standard InChI is InChI=1S/C25H32O6/c1-7-12(2)22(29)31-21-13(3)10-24-14(4)8-17-18(23(17,5)6)16(20(24)28)9-15(11-26)19(27)25(21,24)30/h7,9-11,14,16-19,21,27,30H,8H2,1-6H3/b12-7-/t14-,16?,17?,18?,19?,21?,24?,25?/m1/s1. The van der Waals surface area contributed by atoms with Crippen LogP contribution in [-0.4, -0.2) is 46.1 Å². The molecule has 0 amide bonds. The summed E-state index contributed by atoms with van der Waals surface area (Å²) in [7, 11) is 0. The van der Waals surface area contributed by atoms with E-state index in [2.05, 4.69) is 13.8 Å². The third-order valence-corrected chi connectivity index (χ3v) is 8.77. The maximum Gasteiger partial charge on any atom is 0.334 e. The Labute approximate surface area is 183 Å². The van der Waals surface area contributed by atoms with Crippen LogP contribution in [-0.2, 0) is 19.1 Å². The molecule has 6 heteroatoms. The fourth-order valence-corrected chi connectivity index (χ4v) is 6.82. The number of hydrogen-bond acceptors (Lipinski definition) is 6. The van der Waals surface area contributed by atoms with Gasteiger partial charge in [-0.05, 0) is 55.9 Å². The Hall–Kier alpha value is -2.05. The van der Waals surface area contributed by atoms with Gasteiger partial charge >= 0.3 is 5.97 Å². The van der Waals surface area contributed by atoms with Crippen LogP contribution in [0.25, 0.3) is 0 Å². The van der Waals surface area contributed by atoms with E-state index >= 15 is 0 Å². The minimum absolute atomic E-state index is 0.0230. The second-order valence-corrected chi connectivity index (χ2v) is 10.5. The topological polar surface area (TPSA) is 101 Å². The lowest BCUT2D eigenvalue weighted by molar-refractivity contribution is -0.201. The summed E-state index contributed by atoms with van der Waals surface area (Å²) < 4.78 is 5.69. The zero-order valence-electron chi connectivity index (χ0n) is 19.0. The molecule has 0 radical (unpaired) electrons. The van der Waals surface area contributed by atoms with Crippen LogP contribution in [0.4, 0.5) is 0 Å². The molecule has 2 fully saturated rings. The van der Waals surface area contributed by atoms with Crippen LogP contribution >= 0.6 is 0 Å². The number of esters is 1. The smallest absolute Gasteiger partial charge is 0.334 e. The van der Waals surface area contributed by atoms with Crippen molar-refractivity contribution in [1.29, 1.82) is 0 Å². The van der Waals surface area contributed by atoms with Gasteiger partial charge < -0.3 is 14.9 Å². The van der Waals surface area contributed by atoms with Gasteiger partial charge in [-0.3, -0.25) is 9.59 Å². The number of allylic oxidation sites excluding steroid dienone is 2. The molecule has 2 N–H and O–H groups in total. The molecule has 7 unspecified atom stereocenters. The quantitative estimate of drug-likeness (QED) is 0.310. The van der Waals surface area contributed by atoms with Crippen molar-refractivity contribution in [2.24, 2.45) is 34.5 Å². The van der Waals surface area contributed by atoms with Crippen LogP contribution < -0.4 is 0 Å². The van der Waals surface area contributed by atoms with Crippen molar-refractivity contribution in [3.63, 3.8) is 0 Å². The van der Waals surface area contributed by atoms with Crippen LogP contribution in [0.3, 0.4) is 0 Å². The van der Waals surface area contributed by atoms with Crippen LogP contribution in [0, 0.1) is 34.5 Å². The number of ketones is 1. The average Bonchev–Trinajstić information content (AvgIpc) is 3.21. The highest BCUT2D eigenvalue weighted by atomic mass is 16.6. The number of aldehydes is 1. The molecular formula is C25H32O6. The van der Waals surface area contributed by atoms with Gasteiger partial charge in [-0.1, -0.05) is 39.0 Å². The molecule has 0 saturated heterocycles. The van der Waals surface area contributed by atoms with Crippen LogP contribution in [0.5, 0.6) is 0 Å². The van der Waals surface area contributed by atoms with Crippen molar-refractivity contribution in [2.75, 3.05) is 0 Å². The molecule has 4 aliphatic carbocycles. The van der Waals surface area contributed by atoms with Gasteiger partial charge in [-0.15, -0.1) is 0 Å². The van der Waals surface area contributed by atoms with Gasteiger partial charge in [0.05, 0.1) is 5.41 Å². The number of carbonyl (C=O) groups excluding carboxylic acids is 3. The highest BCUT2D eigenvalue weighted by molar-refractivity contribution is 5.97. The Balaban J connectivity index is 1.92. The lowest BCUT2D eigenvalue weighted by atomic mass is 9.59. The first-order valence-corrected chi connectivity index (χ1v) is 11.0. The first-order valence-electron chi connectivity index (χ1n) is 11.0. The minimum Gasteiger partial charge on any atom is -0.451 e.